The minimum Gasteiger partial charge on any atom is -0.303 e. The molecule has 0 aliphatic carbocycles. The van der Waals surface area contributed by atoms with Gasteiger partial charge in [0, 0.05) is 11.4 Å². The first-order valence-electron chi connectivity index (χ1n) is 4.63. The topological polar surface area (TPSA) is 3.24 Å². The van der Waals surface area contributed by atoms with Crippen molar-refractivity contribution in [1.29, 1.82) is 0 Å². The van der Waals surface area contributed by atoms with E-state index in [1.807, 2.05) is 0 Å². The molecular weight excluding hydrogens is 214 g/mol. The number of nitrogens with zero attached hydrogens (tertiary/aromatic N) is 1. The van der Waals surface area contributed by atoms with E-state index >= 15 is 0 Å². The Balaban J connectivity index is 3.64. The van der Waals surface area contributed by atoms with Gasteiger partial charge in [-0.3, -0.25) is 0 Å². The summed E-state index contributed by atoms with van der Waals surface area (Å²) in [5, 5.41) is 1.06. The molecule has 12 heavy (non-hydrogen) atoms. The molecule has 0 rings (SSSR count). The van der Waals surface area contributed by atoms with Gasteiger partial charge in [0.2, 0.25) is 0 Å². The minimum absolute atomic E-state index is 0.459. The summed E-state index contributed by atoms with van der Waals surface area (Å²) in [5.74, 6) is 0. The van der Waals surface area contributed by atoms with Crippen LogP contribution in [-0.4, -0.2) is 29.9 Å². The average Bonchev–Trinajstić information content (AvgIpc) is 1.97. The summed E-state index contributed by atoms with van der Waals surface area (Å²) in [6.07, 6.45) is 1.26. The van der Waals surface area contributed by atoms with E-state index in [0.29, 0.717) is 11.5 Å². The number of hydrogen-bond donors (Lipinski definition) is 0. The van der Waals surface area contributed by atoms with Crippen molar-refractivity contribution in [1.82, 2.24) is 4.90 Å². The second kappa shape index (κ2) is 5.23. The van der Waals surface area contributed by atoms with Crippen molar-refractivity contribution in [2.75, 3.05) is 18.9 Å². The van der Waals surface area contributed by atoms with Crippen molar-refractivity contribution in [2.45, 2.75) is 40.2 Å². The molecule has 1 nitrogen and oxygen atoms in total. The summed E-state index contributed by atoms with van der Waals surface area (Å²) >= 11 is 3.49. The lowest BCUT2D eigenvalue weighted by atomic mass is 9.92. The van der Waals surface area contributed by atoms with Crippen LogP contribution in [0, 0.1) is 5.41 Å². The molecule has 0 bridgehead atoms. The number of alkyl halides is 1. The van der Waals surface area contributed by atoms with Crippen LogP contribution in [0.4, 0.5) is 0 Å². The zero-order valence-electron chi connectivity index (χ0n) is 9.02. The van der Waals surface area contributed by atoms with E-state index in [1.54, 1.807) is 0 Å². The Kier molecular flexibility index (Phi) is 5.42. The molecule has 0 aromatic heterocycles. The summed E-state index contributed by atoms with van der Waals surface area (Å²) in [6.45, 7) is 10.3. The summed E-state index contributed by atoms with van der Waals surface area (Å²) in [4.78, 5) is 2.40. The highest BCUT2D eigenvalue weighted by atomic mass is 79.9. The van der Waals surface area contributed by atoms with Gasteiger partial charge in [0.05, 0.1) is 0 Å². The van der Waals surface area contributed by atoms with Gasteiger partial charge in [0.15, 0.2) is 0 Å². The Morgan fingerprint density at radius 2 is 1.83 bits per heavy atom. The first kappa shape index (κ1) is 12.4. The van der Waals surface area contributed by atoms with Crippen LogP contribution in [-0.2, 0) is 0 Å². The number of halogens is 1. The van der Waals surface area contributed by atoms with Gasteiger partial charge in [0.25, 0.3) is 0 Å². The molecule has 1 atom stereocenters. The fraction of sp³-hybridized carbons (Fsp3) is 1.00. The lowest BCUT2D eigenvalue weighted by Gasteiger charge is -2.27. The van der Waals surface area contributed by atoms with Gasteiger partial charge >= 0.3 is 0 Å². The summed E-state index contributed by atoms with van der Waals surface area (Å²) in [7, 11) is 2.19. The molecule has 0 N–H and O–H groups in total. The van der Waals surface area contributed by atoms with Crippen LogP contribution in [0.3, 0.4) is 0 Å². The highest BCUT2D eigenvalue weighted by molar-refractivity contribution is 9.09. The maximum absolute atomic E-state index is 3.49. The van der Waals surface area contributed by atoms with Gasteiger partial charge in [-0.25, -0.2) is 0 Å². The van der Waals surface area contributed by atoms with Crippen LogP contribution < -0.4 is 0 Å². The third-order valence-electron chi connectivity index (χ3n) is 2.19. The molecule has 0 saturated carbocycles. The van der Waals surface area contributed by atoms with E-state index in [2.05, 4.69) is 55.6 Å². The van der Waals surface area contributed by atoms with Gasteiger partial charge in [0.1, 0.15) is 0 Å². The van der Waals surface area contributed by atoms with E-state index in [0.717, 1.165) is 5.33 Å². The van der Waals surface area contributed by atoms with Crippen molar-refractivity contribution >= 4 is 15.9 Å². The Bertz CT molecular complexity index is 117. The summed E-state index contributed by atoms with van der Waals surface area (Å²) in [5.41, 5.74) is 0.459. The molecule has 0 amide bonds. The van der Waals surface area contributed by atoms with Crippen LogP contribution in [0.15, 0.2) is 0 Å². The third kappa shape index (κ3) is 6.01. The Morgan fingerprint density at radius 1 is 1.33 bits per heavy atom. The Hall–Kier alpha value is 0.440. The largest absolute Gasteiger partial charge is 0.303 e. The van der Waals surface area contributed by atoms with Gasteiger partial charge in [-0.1, -0.05) is 36.7 Å². The van der Waals surface area contributed by atoms with Crippen LogP contribution >= 0.6 is 15.9 Å². The molecule has 0 aromatic rings. The maximum Gasteiger partial charge on any atom is 0.0185 e. The first-order valence-corrected chi connectivity index (χ1v) is 5.75. The molecule has 0 aromatic carbocycles. The normalized spacial score (nSPS) is 15.2. The third-order valence-corrected chi connectivity index (χ3v) is 3.13. The molecular formula is C10H22BrN. The molecule has 0 fully saturated rings. The molecule has 0 saturated heterocycles. The molecule has 0 aliphatic heterocycles. The highest BCUT2D eigenvalue weighted by Gasteiger charge is 2.13. The Labute approximate surface area is 85.7 Å². The predicted octanol–water partition coefficient (Wildman–Crippen LogP) is 3.14. The zero-order chi connectivity index (χ0) is 9.78. The van der Waals surface area contributed by atoms with Crippen molar-refractivity contribution in [3.05, 3.63) is 0 Å². The predicted molar refractivity (Wildman–Crippen MR) is 60.0 cm³/mol. The molecule has 74 valence electrons. The lowest BCUT2D eigenvalue weighted by molar-refractivity contribution is 0.230. The molecule has 0 radical (unpaired) electrons. The fourth-order valence-corrected chi connectivity index (χ4v) is 1.34. The monoisotopic (exact) mass is 235 g/mol. The zero-order valence-corrected chi connectivity index (χ0v) is 10.6. The van der Waals surface area contributed by atoms with Crippen LogP contribution in [0.25, 0.3) is 0 Å². The fourth-order valence-electron chi connectivity index (χ4n) is 0.850. The molecule has 0 aliphatic rings. The average molecular weight is 236 g/mol. The highest BCUT2D eigenvalue weighted by Crippen LogP contribution is 2.19. The quantitative estimate of drug-likeness (QED) is 0.678. The van der Waals surface area contributed by atoms with Crippen molar-refractivity contribution in [2.24, 2.45) is 5.41 Å². The van der Waals surface area contributed by atoms with Gasteiger partial charge < -0.3 is 4.90 Å². The van der Waals surface area contributed by atoms with Crippen molar-refractivity contribution < 1.29 is 0 Å². The minimum atomic E-state index is 0.459. The smallest absolute Gasteiger partial charge is 0.0185 e. The van der Waals surface area contributed by atoms with Gasteiger partial charge in [-0.05, 0) is 32.4 Å². The van der Waals surface area contributed by atoms with Crippen LogP contribution in [0.1, 0.15) is 34.1 Å². The second-order valence-electron chi connectivity index (χ2n) is 4.79. The second-order valence-corrected chi connectivity index (χ2v) is 5.44. The number of hydrogen-bond acceptors (Lipinski definition) is 1. The number of rotatable bonds is 4. The van der Waals surface area contributed by atoms with Crippen LogP contribution in [0.5, 0.6) is 0 Å². The van der Waals surface area contributed by atoms with Crippen LogP contribution in [0.2, 0.25) is 0 Å². The molecule has 0 heterocycles. The van der Waals surface area contributed by atoms with E-state index in [4.69, 9.17) is 0 Å². The molecule has 2 heteroatoms. The summed E-state index contributed by atoms with van der Waals surface area (Å²) < 4.78 is 0. The van der Waals surface area contributed by atoms with Crippen molar-refractivity contribution in [3.8, 4) is 0 Å². The molecule has 1 unspecified atom stereocenters. The maximum atomic E-state index is 3.49. The Morgan fingerprint density at radius 3 is 2.17 bits per heavy atom. The standard InChI is InChI=1S/C10H22BrN/c1-9(8-11)12(5)7-6-10(2,3)4/h9H,6-8H2,1-5H3. The first-order chi connectivity index (χ1) is 5.37. The molecule has 0 spiro atoms. The van der Waals surface area contributed by atoms with E-state index in [-0.39, 0.29) is 0 Å². The van der Waals surface area contributed by atoms with E-state index in [9.17, 15) is 0 Å². The lowest BCUT2D eigenvalue weighted by Crippen LogP contribution is -2.32. The van der Waals surface area contributed by atoms with Gasteiger partial charge in [-0.15, -0.1) is 0 Å². The van der Waals surface area contributed by atoms with E-state index < -0.39 is 0 Å². The van der Waals surface area contributed by atoms with Gasteiger partial charge in [-0.2, -0.15) is 0 Å². The summed E-state index contributed by atoms with van der Waals surface area (Å²) in [6, 6.07) is 0.646. The van der Waals surface area contributed by atoms with Crippen molar-refractivity contribution in [3.63, 3.8) is 0 Å². The van der Waals surface area contributed by atoms with E-state index in [1.165, 1.54) is 13.0 Å². The SMILES string of the molecule is CC(CBr)N(C)CCC(C)(C)C.